The molecule has 6 heteroatoms. The summed E-state index contributed by atoms with van der Waals surface area (Å²) in [6.07, 6.45) is 0.473. The van der Waals surface area contributed by atoms with E-state index in [0.717, 1.165) is 5.56 Å². The van der Waals surface area contributed by atoms with Crippen molar-refractivity contribution in [2.24, 2.45) is 4.95 Å². The van der Waals surface area contributed by atoms with E-state index in [1.807, 2.05) is 12.1 Å². The highest BCUT2D eigenvalue weighted by Crippen LogP contribution is 2.73. The van der Waals surface area contributed by atoms with Gasteiger partial charge in [-0.05, 0) is 36.0 Å². The molecule has 0 heterocycles. The molecule has 1 aromatic rings. The Morgan fingerprint density at radius 2 is 1.87 bits per heavy atom. The Morgan fingerprint density at radius 3 is 2.27 bits per heavy atom. The van der Waals surface area contributed by atoms with Crippen molar-refractivity contribution >= 4 is 26.2 Å². The van der Waals surface area contributed by atoms with Crippen molar-refractivity contribution in [1.29, 1.82) is 0 Å². The standard InChI is InChI=1S/C9H12ClNO2P2/c1-15(2,13)14(11-12)7-8-3-5-9(10)6-4-8/h3-6H,7H2,1-2H3. The number of nitrogens with zero attached hydrogens (tertiary/aromatic N) is 1. The van der Waals surface area contributed by atoms with E-state index < -0.39 is 14.6 Å². The number of benzene rings is 1. The molecule has 1 unspecified atom stereocenters. The van der Waals surface area contributed by atoms with Crippen molar-refractivity contribution in [2.75, 3.05) is 13.3 Å². The lowest BCUT2D eigenvalue weighted by molar-refractivity contribution is 0.591. The van der Waals surface area contributed by atoms with Crippen LogP contribution in [-0.2, 0) is 10.7 Å². The summed E-state index contributed by atoms with van der Waals surface area (Å²) < 4.78 is 11.7. The van der Waals surface area contributed by atoms with E-state index >= 15 is 0 Å². The number of hydrogen-bond donors (Lipinski definition) is 0. The summed E-state index contributed by atoms with van der Waals surface area (Å²) in [4.78, 5) is 13.6. The van der Waals surface area contributed by atoms with Crippen LogP contribution in [0.5, 0.6) is 0 Å². The molecular weight excluding hydrogens is 252 g/mol. The van der Waals surface area contributed by atoms with E-state index in [1.54, 1.807) is 25.5 Å². The maximum absolute atomic E-state index is 11.7. The third-order valence-electron chi connectivity index (χ3n) is 1.89. The molecule has 0 spiro atoms. The summed E-state index contributed by atoms with van der Waals surface area (Å²) in [5, 5.41) is 0.651. The normalized spacial score (nSPS) is 13.5. The van der Waals surface area contributed by atoms with Crippen molar-refractivity contribution in [1.82, 2.24) is 0 Å². The molecule has 0 amide bonds. The van der Waals surface area contributed by atoms with Gasteiger partial charge in [-0.1, -0.05) is 23.7 Å². The van der Waals surface area contributed by atoms with Gasteiger partial charge in [0.15, 0.2) is 0 Å². The van der Waals surface area contributed by atoms with Crippen LogP contribution in [0.2, 0.25) is 5.02 Å². The Bertz CT molecular complexity index is 388. The summed E-state index contributed by atoms with van der Waals surface area (Å²) in [6.45, 7) is 0.814. The molecule has 0 saturated heterocycles. The minimum atomic E-state index is -2.40. The Balaban J connectivity index is 2.80. The fourth-order valence-corrected chi connectivity index (χ4v) is 4.32. The zero-order valence-corrected chi connectivity index (χ0v) is 11.1. The van der Waals surface area contributed by atoms with Gasteiger partial charge in [-0.25, -0.2) is 0 Å². The first kappa shape index (κ1) is 12.8. The maximum atomic E-state index is 11.7. The average molecular weight is 264 g/mol. The van der Waals surface area contributed by atoms with E-state index in [-0.39, 0.29) is 0 Å². The Hall–Kier alpha value is -0.230. The van der Waals surface area contributed by atoms with E-state index in [9.17, 15) is 9.47 Å². The smallest absolute Gasteiger partial charge is 0.131 e. The third-order valence-corrected chi connectivity index (χ3v) is 8.07. The van der Waals surface area contributed by atoms with E-state index in [0.29, 0.717) is 11.2 Å². The van der Waals surface area contributed by atoms with Crippen molar-refractivity contribution in [3.05, 3.63) is 39.8 Å². The fraction of sp³-hybridized carbons (Fsp3) is 0.333. The second-order valence-corrected chi connectivity index (χ2v) is 12.1. The second kappa shape index (κ2) is 5.21. The molecular formula is C9H12ClNO2P2. The van der Waals surface area contributed by atoms with Gasteiger partial charge in [0.1, 0.15) is 14.6 Å². The van der Waals surface area contributed by atoms with Gasteiger partial charge in [0.25, 0.3) is 0 Å². The minimum Gasteiger partial charge on any atom is -0.317 e. The molecule has 0 aromatic heterocycles. The summed E-state index contributed by atoms with van der Waals surface area (Å²) in [5.41, 5.74) is 0.953. The number of rotatable bonds is 4. The first-order chi connectivity index (χ1) is 6.93. The molecule has 15 heavy (non-hydrogen) atoms. The molecule has 0 aliphatic heterocycles. The van der Waals surface area contributed by atoms with Gasteiger partial charge in [0.2, 0.25) is 0 Å². The zero-order chi connectivity index (χ0) is 11.5. The molecule has 82 valence electrons. The molecule has 1 atom stereocenters. The topological polar surface area (TPSA) is 46.5 Å². The molecule has 1 rings (SSSR count). The molecule has 3 nitrogen and oxygen atoms in total. The lowest BCUT2D eigenvalue weighted by atomic mass is 10.2. The second-order valence-electron chi connectivity index (χ2n) is 3.53. The van der Waals surface area contributed by atoms with Gasteiger partial charge >= 0.3 is 0 Å². The first-order valence-electron chi connectivity index (χ1n) is 4.34. The molecule has 1 aromatic carbocycles. The summed E-state index contributed by atoms with van der Waals surface area (Å²) in [7, 11) is -1.30. The molecule has 0 saturated carbocycles. The van der Waals surface area contributed by atoms with Crippen LogP contribution in [0.4, 0.5) is 0 Å². The van der Waals surface area contributed by atoms with Crippen LogP contribution < -0.4 is 0 Å². The lowest BCUT2D eigenvalue weighted by Gasteiger charge is -2.13. The summed E-state index contributed by atoms with van der Waals surface area (Å²) >= 11 is 5.74. The van der Waals surface area contributed by atoms with Crippen LogP contribution in [0.1, 0.15) is 5.56 Å². The Morgan fingerprint density at radius 1 is 1.33 bits per heavy atom. The third kappa shape index (κ3) is 4.03. The summed E-state index contributed by atoms with van der Waals surface area (Å²) in [5.74, 6) is 0. The van der Waals surface area contributed by atoms with E-state index in [2.05, 4.69) is 4.95 Å². The van der Waals surface area contributed by atoms with Crippen molar-refractivity contribution in [3.63, 3.8) is 0 Å². The lowest BCUT2D eigenvalue weighted by Crippen LogP contribution is -1.82. The molecule has 0 N–H and O–H groups in total. The van der Waals surface area contributed by atoms with Crippen LogP contribution in [0, 0.1) is 4.91 Å². The molecule has 0 radical (unpaired) electrons. The van der Waals surface area contributed by atoms with Crippen LogP contribution in [-0.4, -0.2) is 13.3 Å². The van der Waals surface area contributed by atoms with Gasteiger partial charge in [-0.2, -0.15) is 0 Å². The van der Waals surface area contributed by atoms with Crippen molar-refractivity contribution in [3.8, 4) is 0 Å². The highest BCUT2D eigenvalue weighted by atomic mass is 35.5. The number of halogens is 1. The van der Waals surface area contributed by atoms with Gasteiger partial charge in [-0.3, -0.25) is 0 Å². The molecule has 0 aliphatic rings. The maximum Gasteiger partial charge on any atom is 0.131 e. The SMILES string of the molecule is CP(C)(=O)P(Cc1ccc(Cl)cc1)N=O. The molecule has 0 fully saturated rings. The van der Waals surface area contributed by atoms with Gasteiger partial charge in [-0.15, -0.1) is 4.91 Å². The highest BCUT2D eigenvalue weighted by Gasteiger charge is 2.24. The highest BCUT2D eigenvalue weighted by molar-refractivity contribution is 8.31. The predicted molar refractivity (Wildman–Crippen MR) is 67.3 cm³/mol. The van der Waals surface area contributed by atoms with Gasteiger partial charge in [0, 0.05) is 11.2 Å². The summed E-state index contributed by atoms with van der Waals surface area (Å²) in [6, 6.07) is 7.17. The van der Waals surface area contributed by atoms with Crippen molar-refractivity contribution in [2.45, 2.75) is 6.16 Å². The monoisotopic (exact) mass is 263 g/mol. The first-order valence-corrected chi connectivity index (χ1v) is 9.50. The predicted octanol–water partition coefficient (Wildman–Crippen LogP) is 4.54. The molecule has 0 bridgehead atoms. The average Bonchev–Trinajstić information content (AvgIpc) is 2.15. The molecule has 0 aliphatic carbocycles. The van der Waals surface area contributed by atoms with Crippen LogP contribution in [0.15, 0.2) is 29.2 Å². The van der Waals surface area contributed by atoms with E-state index in [1.165, 1.54) is 0 Å². The number of hydrogen-bond acceptors (Lipinski definition) is 3. The Labute approximate surface area is 95.3 Å². The minimum absolute atomic E-state index is 0.473. The zero-order valence-electron chi connectivity index (χ0n) is 8.55. The van der Waals surface area contributed by atoms with Crippen LogP contribution in [0.25, 0.3) is 0 Å². The fourth-order valence-electron chi connectivity index (χ4n) is 1.04. The van der Waals surface area contributed by atoms with Crippen molar-refractivity contribution < 1.29 is 4.57 Å². The van der Waals surface area contributed by atoms with E-state index in [4.69, 9.17) is 11.6 Å². The van der Waals surface area contributed by atoms with Crippen LogP contribution in [0.3, 0.4) is 0 Å². The quantitative estimate of drug-likeness (QED) is 0.591. The van der Waals surface area contributed by atoms with Gasteiger partial charge in [0.05, 0.1) is 0 Å². The Kier molecular flexibility index (Phi) is 4.45. The number of nitroso groups, excluding NO2 is 1. The van der Waals surface area contributed by atoms with Gasteiger partial charge < -0.3 is 4.57 Å². The van der Waals surface area contributed by atoms with Crippen LogP contribution >= 0.6 is 26.2 Å². The largest absolute Gasteiger partial charge is 0.317 e.